The maximum absolute atomic E-state index is 12.8. The molecule has 130 valence electrons. The van der Waals surface area contributed by atoms with E-state index in [2.05, 4.69) is 10.3 Å². The number of pyridine rings is 1. The lowest BCUT2D eigenvalue weighted by Gasteiger charge is -2.07. The average molecular weight is 370 g/mol. The first-order valence-corrected chi connectivity index (χ1v) is 7.43. The lowest BCUT2D eigenvalue weighted by Crippen LogP contribution is -2.14. The van der Waals surface area contributed by atoms with E-state index in [0.29, 0.717) is 5.69 Å². The number of halogens is 4. The van der Waals surface area contributed by atoms with Gasteiger partial charge in [0.25, 0.3) is 0 Å². The summed E-state index contributed by atoms with van der Waals surface area (Å²) in [6, 6.07) is 6.77. The number of nitrogens with one attached hydrogen (secondary N) is 1. The van der Waals surface area contributed by atoms with Crippen molar-refractivity contribution in [1.29, 1.82) is 0 Å². The van der Waals surface area contributed by atoms with Gasteiger partial charge in [-0.1, -0.05) is 17.7 Å². The molecule has 0 aliphatic rings. The highest BCUT2D eigenvalue weighted by Crippen LogP contribution is 2.32. The fraction of sp³-hybridized carbons (Fsp3) is 0.125. The summed E-state index contributed by atoms with van der Waals surface area (Å²) >= 11 is 5.85. The van der Waals surface area contributed by atoms with Crippen LogP contribution in [0.25, 0.3) is 5.65 Å². The highest BCUT2D eigenvalue weighted by Gasteiger charge is 2.31. The summed E-state index contributed by atoms with van der Waals surface area (Å²) in [7, 11) is 0. The molecular formula is C16H11ClF3N3O2. The van der Waals surface area contributed by atoms with E-state index in [0.717, 1.165) is 16.7 Å². The molecule has 0 unspecified atom stereocenters. The number of phenols is 1. The molecule has 2 heterocycles. The van der Waals surface area contributed by atoms with E-state index in [1.165, 1.54) is 18.3 Å². The van der Waals surface area contributed by atoms with Gasteiger partial charge in [0.1, 0.15) is 5.75 Å². The van der Waals surface area contributed by atoms with Crippen LogP contribution in [0.2, 0.25) is 5.02 Å². The molecule has 0 atom stereocenters. The Morgan fingerprint density at radius 1 is 1.28 bits per heavy atom. The summed E-state index contributed by atoms with van der Waals surface area (Å²) in [4.78, 5) is 16.1. The normalized spacial score (nSPS) is 11.7. The van der Waals surface area contributed by atoms with Crippen molar-refractivity contribution in [2.45, 2.75) is 12.6 Å². The van der Waals surface area contributed by atoms with Gasteiger partial charge in [0.05, 0.1) is 22.7 Å². The molecule has 2 N–H and O–H groups in total. The van der Waals surface area contributed by atoms with Crippen molar-refractivity contribution >= 4 is 28.8 Å². The Kier molecular flexibility index (Phi) is 4.30. The van der Waals surface area contributed by atoms with Crippen LogP contribution in [0.5, 0.6) is 5.75 Å². The summed E-state index contributed by atoms with van der Waals surface area (Å²) in [5, 5.41) is 11.8. The average Bonchev–Trinajstić information content (AvgIpc) is 2.89. The van der Waals surface area contributed by atoms with Crippen LogP contribution < -0.4 is 5.32 Å². The van der Waals surface area contributed by atoms with Gasteiger partial charge in [-0.15, -0.1) is 0 Å². The number of fused-ring (bicyclic) bond motifs is 1. The van der Waals surface area contributed by atoms with Crippen molar-refractivity contribution in [2.75, 3.05) is 5.32 Å². The summed E-state index contributed by atoms with van der Waals surface area (Å²) in [6.45, 7) is 0. The van der Waals surface area contributed by atoms with Crippen molar-refractivity contribution < 1.29 is 23.1 Å². The highest BCUT2D eigenvalue weighted by atomic mass is 35.5. The molecule has 0 spiro atoms. The molecule has 25 heavy (non-hydrogen) atoms. The second-order valence-corrected chi connectivity index (χ2v) is 5.72. The van der Waals surface area contributed by atoms with Gasteiger partial charge < -0.3 is 14.8 Å². The van der Waals surface area contributed by atoms with E-state index in [-0.39, 0.29) is 28.5 Å². The van der Waals surface area contributed by atoms with Gasteiger partial charge in [-0.2, -0.15) is 13.2 Å². The largest absolute Gasteiger partial charge is 0.508 e. The number of benzene rings is 1. The quantitative estimate of drug-likeness (QED) is 0.736. The van der Waals surface area contributed by atoms with Crippen molar-refractivity contribution in [1.82, 2.24) is 9.38 Å². The predicted molar refractivity (Wildman–Crippen MR) is 85.6 cm³/mol. The summed E-state index contributed by atoms with van der Waals surface area (Å²) in [5.41, 5.74) is -0.113. The molecule has 1 amide bonds. The van der Waals surface area contributed by atoms with Gasteiger partial charge in [-0.25, -0.2) is 4.98 Å². The number of amides is 1. The standard InChI is InChI=1S/C16H11ClF3N3O2/c17-13-4-9(16(18,19)20)7-23-8-11(22-15(13)23)6-14(25)21-10-2-1-3-12(24)5-10/h1-5,7-8,24H,6H2,(H,21,25). The molecule has 3 aromatic rings. The van der Waals surface area contributed by atoms with E-state index in [1.54, 1.807) is 12.1 Å². The number of alkyl halides is 3. The lowest BCUT2D eigenvalue weighted by atomic mass is 10.2. The van der Waals surface area contributed by atoms with Crippen LogP contribution >= 0.6 is 11.6 Å². The Balaban J connectivity index is 1.82. The van der Waals surface area contributed by atoms with Gasteiger partial charge >= 0.3 is 6.18 Å². The molecule has 5 nitrogen and oxygen atoms in total. The van der Waals surface area contributed by atoms with Gasteiger partial charge in [-0.3, -0.25) is 4.79 Å². The van der Waals surface area contributed by atoms with Gasteiger partial charge in [0.15, 0.2) is 5.65 Å². The number of nitrogens with zero attached hydrogens (tertiary/aromatic N) is 2. The third kappa shape index (κ3) is 3.85. The third-order valence-corrected chi connectivity index (χ3v) is 3.63. The number of phenolic OH excluding ortho intramolecular Hbond substituents is 1. The molecule has 3 rings (SSSR count). The van der Waals surface area contributed by atoms with Crippen LogP contribution in [0.1, 0.15) is 11.3 Å². The first-order valence-electron chi connectivity index (χ1n) is 7.05. The number of hydrogen-bond donors (Lipinski definition) is 2. The molecule has 0 radical (unpaired) electrons. The van der Waals surface area contributed by atoms with Crippen molar-refractivity contribution in [3.8, 4) is 5.75 Å². The Morgan fingerprint density at radius 2 is 2.04 bits per heavy atom. The number of carbonyl (C=O) groups is 1. The number of imidazole rings is 1. The molecule has 0 aliphatic heterocycles. The minimum Gasteiger partial charge on any atom is -0.508 e. The van der Waals surface area contributed by atoms with Crippen LogP contribution in [0.15, 0.2) is 42.7 Å². The Labute approximate surface area is 144 Å². The predicted octanol–water partition coefficient (Wildman–Crippen LogP) is 3.89. The van der Waals surface area contributed by atoms with Gasteiger partial charge in [-0.05, 0) is 18.2 Å². The Bertz CT molecular complexity index is 953. The van der Waals surface area contributed by atoms with Crippen LogP contribution in [-0.2, 0) is 17.4 Å². The smallest absolute Gasteiger partial charge is 0.417 e. The topological polar surface area (TPSA) is 66.6 Å². The molecule has 0 fully saturated rings. The molecule has 0 bridgehead atoms. The third-order valence-electron chi connectivity index (χ3n) is 3.36. The minimum absolute atomic E-state index is 0.00279. The number of rotatable bonds is 3. The number of carbonyl (C=O) groups excluding carboxylic acids is 1. The summed E-state index contributed by atoms with van der Waals surface area (Å²) in [5.74, 6) is -0.432. The first kappa shape index (κ1) is 17.1. The zero-order valence-electron chi connectivity index (χ0n) is 12.5. The molecule has 0 aliphatic carbocycles. The first-order chi connectivity index (χ1) is 11.7. The Hall–Kier alpha value is -2.74. The maximum atomic E-state index is 12.8. The second-order valence-electron chi connectivity index (χ2n) is 5.31. The van der Waals surface area contributed by atoms with E-state index < -0.39 is 17.6 Å². The number of aromatic nitrogens is 2. The molecule has 0 saturated heterocycles. The zero-order valence-corrected chi connectivity index (χ0v) is 13.3. The van der Waals surface area contributed by atoms with Gasteiger partial charge in [0.2, 0.25) is 5.91 Å². The SMILES string of the molecule is O=C(Cc1cn2cc(C(F)(F)F)cc(Cl)c2n1)Nc1cccc(O)c1. The van der Waals surface area contributed by atoms with E-state index in [4.69, 9.17) is 11.6 Å². The Morgan fingerprint density at radius 3 is 2.72 bits per heavy atom. The summed E-state index contributed by atoms with van der Waals surface area (Å²) < 4.78 is 39.6. The maximum Gasteiger partial charge on any atom is 0.417 e. The van der Waals surface area contributed by atoms with E-state index in [9.17, 15) is 23.1 Å². The zero-order chi connectivity index (χ0) is 18.2. The second kappa shape index (κ2) is 6.29. The molecular weight excluding hydrogens is 359 g/mol. The van der Waals surface area contributed by atoms with E-state index >= 15 is 0 Å². The number of anilines is 1. The van der Waals surface area contributed by atoms with Crippen LogP contribution in [-0.4, -0.2) is 20.4 Å². The van der Waals surface area contributed by atoms with Crippen LogP contribution in [0.3, 0.4) is 0 Å². The van der Waals surface area contributed by atoms with E-state index in [1.807, 2.05) is 0 Å². The van der Waals surface area contributed by atoms with Crippen molar-refractivity contribution in [3.63, 3.8) is 0 Å². The lowest BCUT2D eigenvalue weighted by molar-refractivity contribution is -0.137. The summed E-state index contributed by atoms with van der Waals surface area (Å²) in [6.07, 6.45) is -2.51. The van der Waals surface area contributed by atoms with Crippen molar-refractivity contribution in [3.05, 3.63) is 59.0 Å². The number of hydrogen-bond acceptors (Lipinski definition) is 3. The fourth-order valence-electron chi connectivity index (χ4n) is 2.30. The number of aromatic hydroxyl groups is 1. The van der Waals surface area contributed by atoms with Crippen molar-refractivity contribution in [2.24, 2.45) is 0 Å². The molecule has 1 aromatic carbocycles. The molecule has 9 heteroatoms. The monoisotopic (exact) mass is 369 g/mol. The highest BCUT2D eigenvalue weighted by molar-refractivity contribution is 6.33. The van der Waals surface area contributed by atoms with Crippen LogP contribution in [0.4, 0.5) is 18.9 Å². The molecule has 0 saturated carbocycles. The van der Waals surface area contributed by atoms with Gasteiger partial charge in [0, 0.05) is 24.1 Å². The van der Waals surface area contributed by atoms with Crippen LogP contribution in [0, 0.1) is 0 Å². The fourth-order valence-corrected chi connectivity index (χ4v) is 2.56. The molecule has 2 aromatic heterocycles. The minimum atomic E-state index is -4.53.